The number of aryl methyl sites for hydroxylation is 2. The van der Waals surface area contributed by atoms with Gasteiger partial charge in [-0.15, -0.1) is 0 Å². The fourth-order valence-electron chi connectivity index (χ4n) is 3.13. The average Bonchev–Trinajstić information content (AvgIpc) is 2.57. The van der Waals surface area contributed by atoms with Crippen LogP contribution in [0, 0.1) is 13.8 Å². The number of para-hydroxylation sites is 1. The molecule has 0 aromatic heterocycles. The molecule has 1 saturated heterocycles. The van der Waals surface area contributed by atoms with Crippen LogP contribution >= 0.6 is 0 Å². The number of hydrogen-bond donors (Lipinski definition) is 1. The van der Waals surface area contributed by atoms with Crippen LogP contribution < -0.4 is 5.32 Å². The van der Waals surface area contributed by atoms with E-state index in [-0.39, 0.29) is 18.1 Å². The van der Waals surface area contributed by atoms with E-state index in [1.807, 2.05) is 6.07 Å². The van der Waals surface area contributed by atoms with Gasteiger partial charge < -0.3 is 5.32 Å². The van der Waals surface area contributed by atoms with Gasteiger partial charge in [0.25, 0.3) is 0 Å². The molecule has 1 amide bonds. The third-order valence-corrected chi connectivity index (χ3v) is 4.44. The van der Waals surface area contributed by atoms with Crippen molar-refractivity contribution in [3.63, 3.8) is 0 Å². The minimum atomic E-state index is 0.0457. The molecule has 0 radical (unpaired) electrons. The maximum Gasteiger partial charge on any atom is 0.373 e. The summed E-state index contributed by atoms with van der Waals surface area (Å²) >= 11 is 0. The van der Waals surface area contributed by atoms with Crippen molar-refractivity contribution in [2.24, 2.45) is 0 Å². The van der Waals surface area contributed by atoms with Crippen LogP contribution in [0.5, 0.6) is 0 Å². The highest BCUT2D eigenvalue weighted by Gasteiger charge is 2.28. The Kier molecular flexibility index (Phi) is 8.98. The van der Waals surface area contributed by atoms with E-state index in [4.69, 9.17) is 9.59 Å². The molecule has 1 heterocycles. The molecule has 0 spiro atoms. The molecule has 0 aliphatic carbocycles. The molecule has 2 rings (SSSR count). The van der Waals surface area contributed by atoms with Crippen molar-refractivity contribution in [1.82, 2.24) is 4.90 Å². The molecule has 0 saturated carbocycles. The molecule has 1 aromatic carbocycles. The van der Waals surface area contributed by atoms with Gasteiger partial charge in [-0.3, -0.25) is 9.69 Å². The van der Waals surface area contributed by atoms with Crippen LogP contribution in [-0.2, 0) is 14.4 Å². The van der Waals surface area contributed by atoms with Crippen molar-refractivity contribution in [1.29, 1.82) is 0 Å². The smallest absolute Gasteiger partial charge is 0.324 e. The number of nitrogens with zero attached hydrogens (tertiary/aromatic N) is 1. The SMILES string of the molecule is CCCCN1CCCCC1C(=O)Nc1c(C)cccc1C.O=C=O. The third kappa shape index (κ3) is 5.91. The van der Waals surface area contributed by atoms with Crippen LogP contribution in [0.3, 0.4) is 0 Å². The van der Waals surface area contributed by atoms with Crippen LogP contribution in [-0.4, -0.2) is 36.1 Å². The Morgan fingerprint density at radius 2 is 1.88 bits per heavy atom. The third-order valence-electron chi connectivity index (χ3n) is 4.44. The van der Waals surface area contributed by atoms with Crippen molar-refractivity contribution in [2.75, 3.05) is 18.4 Å². The van der Waals surface area contributed by atoms with Gasteiger partial charge in [0.15, 0.2) is 0 Å². The molecule has 132 valence electrons. The van der Waals surface area contributed by atoms with Crippen molar-refractivity contribution < 1.29 is 14.4 Å². The first-order valence-corrected chi connectivity index (χ1v) is 8.65. The standard InChI is InChI=1S/C18H28N2O.CO2/c1-4-5-12-20-13-7-6-11-16(20)18(21)19-17-14(2)9-8-10-15(17)3;2-1-3/h8-10,16H,4-7,11-13H2,1-3H3,(H,19,21);. The molecule has 1 atom stereocenters. The number of rotatable bonds is 5. The highest BCUT2D eigenvalue weighted by Crippen LogP contribution is 2.23. The molecule has 1 N–H and O–H groups in total. The first kappa shape index (κ1) is 20.1. The van der Waals surface area contributed by atoms with Gasteiger partial charge in [0.05, 0.1) is 6.04 Å². The van der Waals surface area contributed by atoms with Crippen molar-refractivity contribution >= 4 is 17.7 Å². The summed E-state index contributed by atoms with van der Waals surface area (Å²) in [6.07, 6.45) is 5.97. The number of nitrogens with one attached hydrogen (secondary N) is 1. The normalized spacial score (nSPS) is 17.4. The highest BCUT2D eigenvalue weighted by atomic mass is 16.2. The summed E-state index contributed by atoms with van der Waals surface area (Å²) in [7, 11) is 0. The maximum absolute atomic E-state index is 12.7. The first-order chi connectivity index (χ1) is 11.5. The predicted molar refractivity (Wildman–Crippen MR) is 93.7 cm³/mol. The zero-order chi connectivity index (χ0) is 17.9. The van der Waals surface area contributed by atoms with Crippen LogP contribution in [0.25, 0.3) is 0 Å². The van der Waals surface area contributed by atoms with Crippen molar-refractivity contribution in [2.45, 2.75) is 58.9 Å². The fourth-order valence-corrected chi connectivity index (χ4v) is 3.13. The van der Waals surface area contributed by atoms with Gasteiger partial charge in [-0.2, -0.15) is 9.59 Å². The van der Waals surface area contributed by atoms with Gasteiger partial charge in [-0.1, -0.05) is 38.0 Å². The summed E-state index contributed by atoms with van der Waals surface area (Å²) < 4.78 is 0. The van der Waals surface area contributed by atoms with Crippen LogP contribution in [0.4, 0.5) is 5.69 Å². The van der Waals surface area contributed by atoms with E-state index in [0.717, 1.165) is 42.7 Å². The van der Waals surface area contributed by atoms with Crippen LogP contribution in [0.1, 0.15) is 50.2 Å². The number of carbonyl (C=O) groups excluding carboxylic acids is 3. The van der Waals surface area contributed by atoms with Gasteiger partial charge in [0.2, 0.25) is 5.91 Å². The minimum Gasteiger partial charge on any atom is -0.324 e. The Morgan fingerprint density at radius 1 is 1.25 bits per heavy atom. The number of hydrogen-bond acceptors (Lipinski definition) is 4. The summed E-state index contributed by atoms with van der Waals surface area (Å²) in [5.74, 6) is 0.170. The summed E-state index contributed by atoms with van der Waals surface area (Å²) in [6, 6.07) is 6.19. The molecule has 5 heteroatoms. The van der Waals surface area contributed by atoms with E-state index in [9.17, 15) is 4.79 Å². The molecule has 1 unspecified atom stereocenters. The Hall–Kier alpha value is -1.97. The molecular formula is C19H28N2O3. The molecule has 0 bridgehead atoms. The van der Waals surface area contributed by atoms with Gasteiger partial charge in [-0.05, 0) is 57.3 Å². The van der Waals surface area contributed by atoms with E-state index in [1.165, 1.54) is 19.3 Å². The zero-order valence-corrected chi connectivity index (χ0v) is 14.9. The number of carbonyl (C=O) groups is 1. The number of likely N-dealkylation sites (tertiary alicyclic amines) is 1. The Bertz CT molecular complexity index is 545. The quantitative estimate of drug-likeness (QED) is 0.898. The van der Waals surface area contributed by atoms with E-state index in [1.54, 1.807) is 0 Å². The van der Waals surface area contributed by atoms with Crippen LogP contribution in [0.2, 0.25) is 0 Å². The summed E-state index contributed by atoms with van der Waals surface area (Å²) in [4.78, 5) is 31.3. The number of benzene rings is 1. The summed E-state index contributed by atoms with van der Waals surface area (Å²) in [5, 5.41) is 3.17. The van der Waals surface area contributed by atoms with E-state index < -0.39 is 0 Å². The molecule has 24 heavy (non-hydrogen) atoms. The molecule has 1 fully saturated rings. The van der Waals surface area contributed by atoms with Gasteiger partial charge in [0, 0.05) is 5.69 Å². The number of piperidine rings is 1. The van der Waals surface area contributed by atoms with Crippen molar-refractivity contribution in [3.8, 4) is 0 Å². The lowest BCUT2D eigenvalue weighted by Crippen LogP contribution is -2.47. The second-order valence-corrected chi connectivity index (χ2v) is 6.24. The lowest BCUT2D eigenvalue weighted by molar-refractivity contribution is -0.191. The molecular weight excluding hydrogens is 304 g/mol. The lowest BCUT2D eigenvalue weighted by atomic mass is 10.00. The fraction of sp³-hybridized carbons (Fsp3) is 0.579. The first-order valence-electron chi connectivity index (χ1n) is 8.65. The van der Waals surface area contributed by atoms with Crippen LogP contribution in [0.15, 0.2) is 18.2 Å². The molecule has 1 aromatic rings. The maximum atomic E-state index is 12.7. The second kappa shape index (κ2) is 10.7. The second-order valence-electron chi connectivity index (χ2n) is 6.24. The zero-order valence-electron chi connectivity index (χ0n) is 14.9. The van der Waals surface area contributed by atoms with Gasteiger partial charge in [0.1, 0.15) is 0 Å². The van der Waals surface area contributed by atoms with E-state index in [0.29, 0.717) is 0 Å². The molecule has 5 nitrogen and oxygen atoms in total. The Morgan fingerprint density at radius 3 is 2.46 bits per heavy atom. The summed E-state index contributed by atoms with van der Waals surface area (Å²) in [5.41, 5.74) is 3.27. The monoisotopic (exact) mass is 332 g/mol. The summed E-state index contributed by atoms with van der Waals surface area (Å²) in [6.45, 7) is 8.42. The number of amides is 1. The van der Waals surface area contributed by atoms with E-state index >= 15 is 0 Å². The predicted octanol–water partition coefficient (Wildman–Crippen LogP) is 3.31. The molecule has 1 aliphatic heterocycles. The van der Waals surface area contributed by atoms with Crippen molar-refractivity contribution in [3.05, 3.63) is 29.3 Å². The topological polar surface area (TPSA) is 66.5 Å². The molecule has 1 aliphatic rings. The highest BCUT2D eigenvalue weighted by molar-refractivity contribution is 5.96. The lowest BCUT2D eigenvalue weighted by Gasteiger charge is -2.34. The van der Waals surface area contributed by atoms with Gasteiger partial charge >= 0.3 is 6.15 Å². The Labute approximate surface area is 144 Å². The largest absolute Gasteiger partial charge is 0.373 e. The average molecular weight is 332 g/mol. The minimum absolute atomic E-state index is 0.0457. The number of unbranched alkanes of at least 4 members (excludes halogenated alkanes) is 1. The number of anilines is 1. The van der Waals surface area contributed by atoms with E-state index in [2.05, 4.69) is 43.1 Å². The van der Waals surface area contributed by atoms with Gasteiger partial charge in [-0.25, -0.2) is 0 Å². The Balaban J connectivity index is 0.000000891.